The third kappa shape index (κ3) is 2.33. The Kier molecular flexibility index (Phi) is 3.12. The fraction of sp³-hybridized carbons (Fsp3) is 0.583. The molecule has 1 fully saturated rings. The van der Waals surface area contributed by atoms with Gasteiger partial charge in [-0.15, -0.1) is 0 Å². The van der Waals surface area contributed by atoms with Crippen LogP contribution in [0.4, 0.5) is 5.82 Å². The molecule has 1 saturated carbocycles. The van der Waals surface area contributed by atoms with Gasteiger partial charge in [-0.3, -0.25) is 0 Å². The number of nitrogen functional groups attached to an aromatic ring is 1. The van der Waals surface area contributed by atoms with Gasteiger partial charge in [-0.2, -0.15) is 0 Å². The smallest absolute Gasteiger partial charge is 0.123 e. The van der Waals surface area contributed by atoms with Crippen LogP contribution in [0.2, 0.25) is 0 Å². The second-order valence-corrected chi connectivity index (χ2v) is 4.77. The van der Waals surface area contributed by atoms with Gasteiger partial charge < -0.3 is 16.2 Å². The van der Waals surface area contributed by atoms with Crippen LogP contribution < -0.4 is 11.1 Å². The highest BCUT2D eigenvalue weighted by Crippen LogP contribution is 2.31. The van der Waals surface area contributed by atoms with Crippen LogP contribution in [-0.4, -0.2) is 15.6 Å². The zero-order valence-corrected chi connectivity index (χ0v) is 9.66. The molecule has 0 saturated heterocycles. The molecule has 4 nitrogen and oxygen atoms in total. The molecule has 0 atom stereocenters. The molecule has 0 bridgehead atoms. The first-order valence-electron chi connectivity index (χ1n) is 5.73. The molecule has 1 aliphatic carbocycles. The van der Waals surface area contributed by atoms with Crippen LogP contribution in [0.1, 0.15) is 37.4 Å². The fourth-order valence-electron chi connectivity index (χ4n) is 2.03. The van der Waals surface area contributed by atoms with Gasteiger partial charge in [0.2, 0.25) is 0 Å². The van der Waals surface area contributed by atoms with Crippen LogP contribution >= 0.6 is 0 Å². The summed E-state index contributed by atoms with van der Waals surface area (Å²) < 4.78 is 0. The summed E-state index contributed by atoms with van der Waals surface area (Å²) >= 11 is 0. The van der Waals surface area contributed by atoms with Gasteiger partial charge in [-0.25, -0.2) is 4.98 Å². The number of hydrogen-bond donors (Lipinski definition) is 3. The molecular weight excluding hydrogens is 202 g/mol. The molecule has 1 aromatic rings. The van der Waals surface area contributed by atoms with Crippen molar-refractivity contribution in [3.05, 3.63) is 23.4 Å². The lowest BCUT2D eigenvalue weighted by Crippen LogP contribution is -2.47. The van der Waals surface area contributed by atoms with Crippen molar-refractivity contribution in [2.24, 2.45) is 0 Å². The van der Waals surface area contributed by atoms with Gasteiger partial charge in [-0.1, -0.05) is 6.07 Å². The zero-order chi connectivity index (χ0) is 11.6. The minimum atomic E-state index is 0.0149. The number of aliphatic hydroxyl groups excluding tert-OH is 1. The molecule has 0 amide bonds. The monoisotopic (exact) mass is 221 g/mol. The van der Waals surface area contributed by atoms with Gasteiger partial charge in [0.25, 0.3) is 0 Å². The molecule has 0 aromatic carbocycles. The Morgan fingerprint density at radius 1 is 1.50 bits per heavy atom. The minimum Gasteiger partial charge on any atom is -0.392 e. The summed E-state index contributed by atoms with van der Waals surface area (Å²) in [4.78, 5) is 4.26. The Bertz CT molecular complexity index is 375. The van der Waals surface area contributed by atoms with E-state index < -0.39 is 0 Å². The second-order valence-electron chi connectivity index (χ2n) is 4.77. The number of hydrogen-bond acceptors (Lipinski definition) is 4. The summed E-state index contributed by atoms with van der Waals surface area (Å²) in [5, 5.41) is 12.7. The first-order valence-corrected chi connectivity index (χ1v) is 5.73. The topological polar surface area (TPSA) is 71.2 Å². The third-order valence-electron chi connectivity index (χ3n) is 3.40. The molecule has 0 spiro atoms. The van der Waals surface area contributed by atoms with Gasteiger partial charge in [0.05, 0.1) is 12.3 Å². The molecule has 1 aromatic heterocycles. The Morgan fingerprint density at radius 3 is 2.81 bits per heavy atom. The van der Waals surface area contributed by atoms with Gasteiger partial charge in [-0.05, 0) is 32.3 Å². The molecule has 4 heteroatoms. The predicted octanol–water partition coefficient (Wildman–Crippen LogP) is 1.19. The highest BCUT2D eigenvalue weighted by molar-refractivity contribution is 5.34. The van der Waals surface area contributed by atoms with E-state index in [1.165, 1.54) is 19.3 Å². The summed E-state index contributed by atoms with van der Waals surface area (Å²) in [6.45, 7) is 2.92. The standard InChI is InChI=1S/C12H19N3O/c1-12(5-2-6-12)14-7-10-9(8-16)3-4-11(13)15-10/h3-4,14,16H,2,5-8H2,1H3,(H2,13,15). The predicted molar refractivity (Wildman–Crippen MR) is 63.7 cm³/mol. The van der Waals surface area contributed by atoms with E-state index in [2.05, 4.69) is 17.2 Å². The number of nitrogens with one attached hydrogen (secondary N) is 1. The molecule has 1 heterocycles. The molecule has 0 aliphatic heterocycles. The van der Waals surface area contributed by atoms with E-state index in [-0.39, 0.29) is 12.1 Å². The van der Waals surface area contributed by atoms with Crippen LogP contribution in [0.15, 0.2) is 12.1 Å². The Balaban J connectivity index is 2.04. The van der Waals surface area contributed by atoms with Gasteiger partial charge in [0.1, 0.15) is 5.82 Å². The van der Waals surface area contributed by atoms with Crippen molar-refractivity contribution >= 4 is 5.82 Å². The van der Waals surface area contributed by atoms with E-state index in [1.807, 2.05) is 6.07 Å². The lowest BCUT2D eigenvalue weighted by molar-refractivity contribution is 0.205. The maximum Gasteiger partial charge on any atom is 0.123 e. The van der Waals surface area contributed by atoms with E-state index in [1.54, 1.807) is 6.07 Å². The lowest BCUT2D eigenvalue weighted by Gasteiger charge is -2.39. The summed E-state index contributed by atoms with van der Waals surface area (Å²) in [5.41, 5.74) is 7.61. The van der Waals surface area contributed by atoms with Crippen molar-refractivity contribution < 1.29 is 5.11 Å². The van der Waals surface area contributed by atoms with Crippen LogP contribution in [0.25, 0.3) is 0 Å². The zero-order valence-electron chi connectivity index (χ0n) is 9.66. The first-order chi connectivity index (χ1) is 7.63. The van der Waals surface area contributed by atoms with Crippen molar-refractivity contribution in [1.82, 2.24) is 10.3 Å². The molecule has 16 heavy (non-hydrogen) atoms. The maximum atomic E-state index is 9.20. The number of rotatable bonds is 4. The summed E-state index contributed by atoms with van der Waals surface area (Å²) in [6, 6.07) is 3.56. The first kappa shape index (κ1) is 11.4. The normalized spacial score (nSPS) is 18.1. The summed E-state index contributed by atoms with van der Waals surface area (Å²) in [6.07, 6.45) is 3.72. The van der Waals surface area contributed by atoms with Crippen molar-refractivity contribution in [1.29, 1.82) is 0 Å². The van der Waals surface area contributed by atoms with Crippen LogP contribution in [-0.2, 0) is 13.2 Å². The van der Waals surface area contributed by atoms with E-state index in [9.17, 15) is 5.11 Å². The van der Waals surface area contributed by atoms with E-state index in [0.717, 1.165) is 11.3 Å². The Hall–Kier alpha value is -1.13. The Morgan fingerprint density at radius 2 is 2.25 bits per heavy atom. The van der Waals surface area contributed by atoms with Gasteiger partial charge in [0.15, 0.2) is 0 Å². The number of aliphatic hydroxyl groups is 1. The van der Waals surface area contributed by atoms with E-state index in [0.29, 0.717) is 12.4 Å². The average Bonchev–Trinajstić information content (AvgIpc) is 2.24. The largest absolute Gasteiger partial charge is 0.392 e. The number of nitrogens with zero attached hydrogens (tertiary/aromatic N) is 1. The Labute approximate surface area is 95.9 Å². The van der Waals surface area contributed by atoms with Crippen LogP contribution in [0.3, 0.4) is 0 Å². The van der Waals surface area contributed by atoms with Gasteiger partial charge in [0, 0.05) is 17.6 Å². The summed E-state index contributed by atoms with van der Waals surface area (Å²) in [5.74, 6) is 0.507. The molecule has 1 aliphatic rings. The second kappa shape index (κ2) is 4.39. The molecule has 0 unspecified atom stereocenters. The molecule has 2 rings (SSSR count). The number of aromatic nitrogens is 1. The third-order valence-corrected chi connectivity index (χ3v) is 3.40. The number of pyridine rings is 1. The minimum absolute atomic E-state index is 0.0149. The van der Waals surface area contributed by atoms with Crippen molar-refractivity contribution in [3.63, 3.8) is 0 Å². The van der Waals surface area contributed by atoms with Crippen LogP contribution in [0, 0.1) is 0 Å². The van der Waals surface area contributed by atoms with Crippen molar-refractivity contribution in [2.75, 3.05) is 5.73 Å². The fourth-order valence-corrected chi connectivity index (χ4v) is 2.03. The molecule has 4 N–H and O–H groups in total. The van der Waals surface area contributed by atoms with Crippen LogP contribution in [0.5, 0.6) is 0 Å². The van der Waals surface area contributed by atoms with Crippen molar-refractivity contribution in [2.45, 2.75) is 44.9 Å². The summed E-state index contributed by atoms with van der Waals surface area (Å²) in [7, 11) is 0. The van der Waals surface area contributed by atoms with E-state index >= 15 is 0 Å². The SMILES string of the molecule is CC1(NCc2nc(N)ccc2CO)CCC1. The molecular formula is C12H19N3O. The highest BCUT2D eigenvalue weighted by atomic mass is 16.3. The lowest BCUT2D eigenvalue weighted by atomic mass is 9.78. The maximum absolute atomic E-state index is 9.20. The van der Waals surface area contributed by atoms with Gasteiger partial charge >= 0.3 is 0 Å². The van der Waals surface area contributed by atoms with Crippen molar-refractivity contribution in [3.8, 4) is 0 Å². The average molecular weight is 221 g/mol. The molecule has 88 valence electrons. The van der Waals surface area contributed by atoms with E-state index in [4.69, 9.17) is 5.73 Å². The number of anilines is 1. The quantitative estimate of drug-likeness (QED) is 0.714. The molecule has 0 radical (unpaired) electrons. The number of nitrogens with two attached hydrogens (primary N) is 1. The highest BCUT2D eigenvalue weighted by Gasteiger charge is 2.30.